The highest BCUT2D eigenvalue weighted by atomic mass is 16.5. The van der Waals surface area contributed by atoms with Gasteiger partial charge in [0, 0.05) is 5.41 Å². The zero-order chi connectivity index (χ0) is 11.4. The van der Waals surface area contributed by atoms with Gasteiger partial charge < -0.3 is 4.74 Å². The van der Waals surface area contributed by atoms with E-state index in [-0.39, 0.29) is 0 Å². The third kappa shape index (κ3) is 1.43. The Bertz CT molecular complexity index is 284. The summed E-state index contributed by atoms with van der Waals surface area (Å²) in [4.78, 5) is 0. The van der Waals surface area contributed by atoms with Crippen molar-refractivity contribution in [3.05, 3.63) is 12.3 Å². The normalized spacial score (nSPS) is 46.9. The number of rotatable bonds is 2. The molecule has 1 heteroatoms. The van der Waals surface area contributed by atoms with E-state index in [2.05, 4.69) is 34.3 Å². The molecule has 0 aromatic carbocycles. The molecule has 0 aromatic rings. The summed E-state index contributed by atoms with van der Waals surface area (Å²) in [6, 6.07) is 0. The summed E-state index contributed by atoms with van der Waals surface area (Å²) >= 11 is 0. The molecule has 0 unspecified atom stereocenters. The smallest absolute Gasteiger partial charge is 0.107 e. The van der Waals surface area contributed by atoms with Crippen LogP contribution in [-0.2, 0) is 4.74 Å². The fraction of sp³-hybridized carbons (Fsp3) is 0.857. The fourth-order valence-corrected chi connectivity index (χ4v) is 3.68. The highest BCUT2D eigenvalue weighted by molar-refractivity contribution is 5.11. The topological polar surface area (TPSA) is 9.23 Å². The predicted octanol–water partition coefficient (Wildman–Crippen LogP) is 4.00. The summed E-state index contributed by atoms with van der Waals surface area (Å²) in [5.41, 5.74) is 0.844. The monoisotopic (exact) mass is 208 g/mol. The molecule has 0 amide bonds. The Hall–Kier alpha value is -0.460. The van der Waals surface area contributed by atoms with Crippen molar-refractivity contribution in [1.82, 2.24) is 0 Å². The third-order valence-corrected chi connectivity index (χ3v) is 5.09. The molecule has 3 fully saturated rings. The van der Waals surface area contributed by atoms with E-state index in [0.29, 0.717) is 22.9 Å². The van der Waals surface area contributed by atoms with Gasteiger partial charge in [-0.3, -0.25) is 0 Å². The molecule has 0 heterocycles. The van der Waals surface area contributed by atoms with Crippen LogP contribution in [0.15, 0.2) is 12.3 Å². The largest absolute Gasteiger partial charge is 0.495 e. The van der Waals surface area contributed by atoms with E-state index in [1.165, 1.54) is 12.8 Å². The standard InChI is InChI=1S/C14H24O/c1-9(2)15-12-10(3)14(6)7-11(8-14)13(12,4)5/h10-12H,1,7-8H2,2-6H3/t10-,11?,12+,14?/m1/s1. The van der Waals surface area contributed by atoms with Crippen molar-refractivity contribution >= 4 is 0 Å². The van der Waals surface area contributed by atoms with Crippen LogP contribution in [0.4, 0.5) is 0 Å². The van der Waals surface area contributed by atoms with E-state index in [9.17, 15) is 0 Å². The van der Waals surface area contributed by atoms with Crippen LogP contribution in [0.3, 0.4) is 0 Å². The molecule has 0 aliphatic heterocycles. The van der Waals surface area contributed by atoms with Gasteiger partial charge in [0.15, 0.2) is 0 Å². The Labute approximate surface area is 93.9 Å². The van der Waals surface area contributed by atoms with Crippen LogP contribution in [0.2, 0.25) is 0 Å². The number of hydrogen-bond acceptors (Lipinski definition) is 1. The van der Waals surface area contributed by atoms with Crippen molar-refractivity contribution in [2.45, 2.75) is 53.6 Å². The van der Waals surface area contributed by atoms with Gasteiger partial charge in [-0.15, -0.1) is 0 Å². The lowest BCUT2D eigenvalue weighted by Crippen LogP contribution is -2.61. The maximum atomic E-state index is 5.99. The summed E-state index contributed by atoms with van der Waals surface area (Å²) < 4.78 is 5.99. The fourth-order valence-electron chi connectivity index (χ4n) is 3.68. The van der Waals surface area contributed by atoms with Gasteiger partial charge >= 0.3 is 0 Å². The molecule has 2 bridgehead atoms. The number of fused-ring (bicyclic) bond motifs is 2. The van der Waals surface area contributed by atoms with Gasteiger partial charge in [0.2, 0.25) is 0 Å². The summed E-state index contributed by atoms with van der Waals surface area (Å²) in [6.07, 6.45) is 3.13. The van der Waals surface area contributed by atoms with E-state index >= 15 is 0 Å². The minimum Gasteiger partial charge on any atom is -0.495 e. The van der Waals surface area contributed by atoms with E-state index in [1.807, 2.05) is 6.92 Å². The van der Waals surface area contributed by atoms with E-state index in [1.54, 1.807) is 0 Å². The SMILES string of the molecule is C=C(C)O[C@H]1[C@@H](C)C2(C)CC(C2)C1(C)C. The minimum atomic E-state index is 0.316. The Morgan fingerprint density at radius 3 is 2.27 bits per heavy atom. The highest BCUT2D eigenvalue weighted by Gasteiger charge is 2.61. The molecule has 0 saturated heterocycles. The van der Waals surface area contributed by atoms with Gasteiger partial charge in [0.25, 0.3) is 0 Å². The lowest BCUT2D eigenvalue weighted by molar-refractivity contribution is -0.205. The Balaban J connectivity index is 2.23. The molecular formula is C14H24O. The van der Waals surface area contributed by atoms with E-state index in [0.717, 1.165) is 11.7 Å². The summed E-state index contributed by atoms with van der Waals surface area (Å²) in [5, 5.41) is 0. The molecule has 86 valence electrons. The van der Waals surface area contributed by atoms with Crippen LogP contribution in [0.25, 0.3) is 0 Å². The second-order valence-electron chi connectivity index (χ2n) is 6.61. The number of ether oxygens (including phenoxy) is 1. The van der Waals surface area contributed by atoms with Crippen molar-refractivity contribution in [2.24, 2.45) is 22.7 Å². The molecule has 0 spiro atoms. The second kappa shape index (κ2) is 3.02. The molecule has 1 nitrogen and oxygen atoms in total. The van der Waals surface area contributed by atoms with Crippen molar-refractivity contribution in [3.8, 4) is 0 Å². The maximum absolute atomic E-state index is 5.99. The van der Waals surface area contributed by atoms with Gasteiger partial charge in [0.05, 0.1) is 5.76 Å². The lowest BCUT2D eigenvalue weighted by Gasteiger charge is -2.65. The molecule has 0 N–H and O–H groups in total. The van der Waals surface area contributed by atoms with Crippen LogP contribution < -0.4 is 0 Å². The Kier molecular flexibility index (Phi) is 2.22. The third-order valence-electron chi connectivity index (χ3n) is 5.09. The van der Waals surface area contributed by atoms with E-state index in [4.69, 9.17) is 4.74 Å². The summed E-state index contributed by atoms with van der Waals surface area (Å²) in [6.45, 7) is 15.3. The lowest BCUT2D eigenvalue weighted by atomic mass is 9.42. The van der Waals surface area contributed by atoms with Crippen molar-refractivity contribution in [2.75, 3.05) is 0 Å². The van der Waals surface area contributed by atoms with Gasteiger partial charge in [-0.25, -0.2) is 0 Å². The first kappa shape index (κ1) is 11.0. The van der Waals surface area contributed by atoms with Crippen LogP contribution >= 0.6 is 0 Å². The van der Waals surface area contributed by atoms with Gasteiger partial charge in [-0.2, -0.15) is 0 Å². The average Bonchev–Trinajstić information content (AvgIpc) is 2.04. The first-order valence-electron chi connectivity index (χ1n) is 6.09. The van der Waals surface area contributed by atoms with Crippen molar-refractivity contribution < 1.29 is 4.74 Å². The Morgan fingerprint density at radius 2 is 1.80 bits per heavy atom. The van der Waals surface area contributed by atoms with E-state index < -0.39 is 0 Å². The molecule has 0 aromatic heterocycles. The number of hydrogen-bond donors (Lipinski definition) is 0. The van der Waals surface area contributed by atoms with Crippen LogP contribution in [-0.4, -0.2) is 6.10 Å². The molecule has 3 saturated carbocycles. The number of allylic oxidation sites excluding steroid dienone is 1. The van der Waals surface area contributed by atoms with Gasteiger partial charge in [0.1, 0.15) is 6.10 Å². The first-order chi connectivity index (χ1) is 6.77. The van der Waals surface area contributed by atoms with Crippen molar-refractivity contribution in [3.63, 3.8) is 0 Å². The highest BCUT2D eigenvalue weighted by Crippen LogP contribution is 2.65. The summed E-state index contributed by atoms with van der Waals surface area (Å²) in [7, 11) is 0. The maximum Gasteiger partial charge on any atom is 0.107 e. The zero-order valence-corrected chi connectivity index (χ0v) is 10.8. The van der Waals surface area contributed by atoms with Gasteiger partial charge in [-0.1, -0.05) is 34.3 Å². The van der Waals surface area contributed by atoms with Gasteiger partial charge in [-0.05, 0) is 37.0 Å². The molecular weight excluding hydrogens is 184 g/mol. The molecule has 3 aliphatic carbocycles. The molecule has 3 rings (SSSR count). The van der Waals surface area contributed by atoms with Crippen LogP contribution in [0.5, 0.6) is 0 Å². The Morgan fingerprint density at radius 1 is 1.27 bits per heavy atom. The van der Waals surface area contributed by atoms with Crippen LogP contribution in [0.1, 0.15) is 47.5 Å². The molecule has 2 atom stereocenters. The zero-order valence-electron chi connectivity index (χ0n) is 10.8. The second-order valence-corrected chi connectivity index (χ2v) is 6.61. The van der Waals surface area contributed by atoms with Crippen LogP contribution in [0, 0.1) is 22.7 Å². The minimum absolute atomic E-state index is 0.316. The predicted molar refractivity (Wildman–Crippen MR) is 63.5 cm³/mol. The average molecular weight is 208 g/mol. The first-order valence-corrected chi connectivity index (χ1v) is 6.09. The quantitative estimate of drug-likeness (QED) is 0.623. The summed E-state index contributed by atoms with van der Waals surface area (Å²) in [5.74, 6) is 2.36. The molecule has 15 heavy (non-hydrogen) atoms. The van der Waals surface area contributed by atoms with Crippen molar-refractivity contribution in [1.29, 1.82) is 0 Å². The molecule has 0 radical (unpaired) electrons. The molecule has 3 aliphatic rings.